The number of anilines is 1. The molecular weight excluding hydrogens is 335 g/mol. The van der Waals surface area contributed by atoms with Gasteiger partial charge in [0.2, 0.25) is 0 Å². The molecule has 1 atom stereocenters. The van der Waals surface area contributed by atoms with Crippen molar-refractivity contribution in [3.05, 3.63) is 23.9 Å². The molecule has 1 aliphatic heterocycles. The second kappa shape index (κ2) is 8.18. The van der Waals surface area contributed by atoms with Crippen LogP contribution in [-0.4, -0.2) is 36.1 Å². The Labute approximate surface area is 150 Å². The topological polar surface area (TPSA) is 71.2 Å². The largest absolute Gasteiger partial charge is 0.357 e. The summed E-state index contributed by atoms with van der Waals surface area (Å²) in [5.41, 5.74) is 6.17. The number of hydrogen-bond acceptors (Lipinski definition) is 4. The van der Waals surface area contributed by atoms with Crippen molar-refractivity contribution in [1.29, 1.82) is 0 Å². The fourth-order valence-corrected chi connectivity index (χ4v) is 3.03. The molecule has 0 bridgehead atoms. The van der Waals surface area contributed by atoms with Gasteiger partial charge < -0.3 is 16.0 Å². The van der Waals surface area contributed by atoms with Crippen molar-refractivity contribution in [3.8, 4) is 0 Å². The van der Waals surface area contributed by atoms with E-state index in [1.54, 1.807) is 6.20 Å². The van der Waals surface area contributed by atoms with Gasteiger partial charge in [0.15, 0.2) is 0 Å². The van der Waals surface area contributed by atoms with Crippen molar-refractivity contribution in [2.75, 3.05) is 24.5 Å². The summed E-state index contributed by atoms with van der Waals surface area (Å²) in [5, 5.41) is 3.09. The molecule has 1 aromatic heterocycles. The quantitative estimate of drug-likeness (QED) is 0.845. The molecule has 0 radical (unpaired) electrons. The lowest BCUT2D eigenvalue weighted by molar-refractivity contribution is 0.0897. The summed E-state index contributed by atoms with van der Waals surface area (Å²) >= 11 is 0. The summed E-state index contributed by atoms with van der Waals surface area (Å²) < 4.78 is 0. The maximum Gasteiger partial charge on any atom is 0.253 e. The zero-order chi connectivity index (χ0) is 14.9. The van der Waals surface area contributed by atoms with E-state index in [1.165, 1.54) is 12.8 Å². The van der Waals surface area contributed by atoms with Crippen LogP contribution in [0.2, 0.25) is 0 Å². The van der Waals surface area contributed by atoms with Crippen LogP contribution in [-0.2, 0) is 0 Å². The van der Waals surface area contributed by atoms with Crippen molar-refractivity contribution in [2.45, 2.75) is 38.1 Å². The summed E-state index contributed by atoms with van der Waals surface area (Å²) in [6, 6.07) is 3.80. The van der Waals surface area contributed by atoms with Gasteiger partial charge in [-0.25, -0.2) is 4.98 Å². The van der Waals surface area contributed by atoms with Crippen LogP contribution in [0.25, 0.3) is 0 Å². The number of pyridine rings is 1. The second-order valence-corrected chi connectivity index (χ2v) is 6.45. The van der Waals surface area contributed by atoms with Crippen LogP contribution < -0.4 is 16.0 Å². The molecule has 5 nitrogen and oxygen atoms in total. The monoisotopic (exact) mass is 360 g/mol. The molecule has 2 aliphatic rings. The van der Waals surface area contributed by atoms with Crippen LogP contribution in [0.3, 0.4) is 0 Å². The van der Waals surface area contributed by atoms with Gasteiger partial charge in [-0.2, -0.15) is 0 Å². The minimum atomic E-state index is -0.287. The summed E-state index contributed by atoms with van der Waals surface area (Å²) in [6.07, 6.45) is 6.42. The SMILES string of the molecule is CC(CN)(NC(=O)c1ccc(N2CCCC2)nc1)C1CC1.Cl.Cl. The minimum absolute atomic E-state index is 0. The summed E-state index contributed by atoms with van der Waals surface area (Å²) in [7, 11) is 0. The van der Waals surface area contributed by atoms with Crippen LogP contribution >= 0.6 is 24.8 Å². The number of carbonyl (C=O) groups excluding carboxylic acids is 1. The third-order valence-corrected chi connectivity index (χ3v) is 4.74. The van der Waals surface area contributed by atoms with Crippen LogP contribution in [0.4, 0.5) is 5.82 Å². The number of aromatic nitrogens is 1. The maximum absolute atomic E-state index is 12.4. The Morgan fingerprint density at radius 3 is 2.48 bits per heavy atom. The molecule has 0 aromatic carbocycles. The smallest absolute Gasteiger partial charge is 0.253 e. The number of nitrogens with zero attached hydrogens (tertiary/aromatic N) is 2. The number of carbonyl (C=O) groups is 1. The molecule has 1 saturated carbocycles. The maximum atomic E-state index is 12.4. The van der Waals surface area contributed by atoms with E-state index >= 15 is 0 Å². The number of rotatable bonds is 5. The van der Waals surface area contributed by atoms with Crippen molar-refractivity contribution in [1.82, 2.24) is 10.3 Å². The number of amides is 1. The molecule has 1 amide bonds. The third kappa shape index (κ3) is 4.49. The fraction of sp³-hybridized carbons (Fsp3) is 0.625. The molecule has 0 spiro atoms. The molecule has 1 saturated heterocycles. The lowest BCUT2D eigenvalue weighted by atomic mass is 9.95. The number of nitrogens with one attached hydrogen (secondary N) is 1. The van der Waals surface area contributed by atoms with E-state index in [0.29, 0.717) is 18.0 Å². The lowest BCUT2D eigenvalue weighted by Crippen LogP contribution is -2.53. The summed E-state index contributed by atoms with van der Waals surface area (Å²) in [4.78, 5) is 19.1. The van der Waals surface area contributed by atoms with Gasteiger partial charge in [0, 0.05) is 25.8 Å². The van der Waals surface area contributed by atoms with Crippen molar-refractivity contribution >= 4 is 36.5 Å². The highest BCUT2D eigenvalue weighted by Crippen LogP contribution is 2.39. The average Bonchev–Trinajstić information content (AvgIpc) is 3.23. The second-order valence-electron chi connectivity index (χ2n) is 6.45. The van der Waals surface area contributed by atoms with E-state index in [2.05, 4.69) is 15.2 Å². The van der Waals surface area contributed by atoms with E-state index in [1.807, 2.05) is 19.1 Å². The molecule has 2 fully saturated rings. The Kier molecular flexibility index (Phi) is 7.11. The van der Waals surface area contributed by atoms with Crippen LogP contribution in [0, 0.1) is 5.92 Å². The first-order chi connectivity index (χ1) is 10.1. The lowest BCUT2D eigenvalue weighted by Gasteiger charge is -2.29. The van der Waals surface area contributed by atoms with Crippen LogP contribution in [0.1, 0.15) is 43.0 Å². The fourth-order valence-electron chi connectivity index (χ4n) is 3.03. The highest BCUT2D eigenvalue weighted by atomic mass is 35.5. The van der Waals surface area contributed by atoms with Gasteiger partial charge in [-0.1, -0.05) is 0 Å². The molecule has 130 valence electrons. The van der Waals surface area contributed by atoms with E-state index < -0.39 is 0 Å². The van der Waals surface area contributed by atoms with Gasteiger partial charge in [-0.15, -0.1) is 24.8 Å². The molecular formula is C16H26Cl2N4O. The highest BCUT2D eigenvalue weighted by molar-refractivity contribution is 5.94. The number of hydrogen-bond donors (Lipinski definition) is 2. The zero-order valence-electron chi connectivity index (χ0n) is 13.5. The molecule has 2 heterocycles. The Morgan fingerprint density at radius 2 is 2.00 bits per heavy atom. The van der Waals surface area contributed by atoms with Crippen LogP contribution in [0.5, 0.6) is 0 Å². The van der Waals surface area contributed by atoms with Crippen molar-refractivity contribution in [2.24, 2.45) is 11.7 Å². The highest BCUT2D eigenvalue weighted by Gasteiger charge is 2.41. The Balaban J connectivity index is 0.00000132. The van der Waals surface area contributed by atoms with E-state index in [0.717, 1.165) is 31.7 Å². The van der Waals surface area contributed by atoms with Crippen molar-refractivity contribution in [3.63, 3.8) is 0 Å². The van der Waals surface area contributed by atoms with Gasteiger partial charge in [0.25, 0.3) is 5.91 Å². The molecule has 1 unspecified atom stereocenters. The molecule has 3 rings (SSSR count). The molecule has 1 aliphatic carbocycles. The molecule has 7 heteroatoms. The van der Waals surface area contributed by atoms with Gasteiger partial charge in [0.1, 0.15) is 5.82 Å². The Hall–Kier alpha value is -1.04. The first-order valence-electron chi connectivity index (χ1n) is 7.86. The van der Waals surface area contributed by atoms with Gasteiger partial charge >= 0.3 is 0 Å². The average molecular weight is 361 g/mol. The number of halogens is 2. The predicted molar refractivity (Wildman–Crippen MR) is 97.8 cm³/mol. The third-order valence-electron chi connectivity index (χ3n) is 4.74. The Bertz CT molecular complexity index is 515. The van der Waals surface area contributed by atoms with Crippen LogP contribution in [0.15, 0.2) is 18.3 Å². The predicted octanol–water partition coefficient (Wildman–Crippen LogP) is 2.38. The molecule has 23 heavy (non-hydrogen) atoms. The van der Waals surface area contributed by atoms with Gasteiger partial charge in [-0.3, -0.25) is 4.79 Å². The van der Waals surface area contributed by atoms with E-state index in [4.69, 9.17) is 5.73 Å². The summed E-state index contributed by atoms with van der Waals surface area (Å²) in [6.45, 7) is 4.63. The summed E-state index contributed by atoms with van der Waals surface area (Å²) in [5.74, 6) is 1.41. The standard InChI is InChI=1S/C16H24N4O.2ClH/c1-16(11-17,13-5-6-13)19-15(21)12-4-7-14(18-10-12)20-8-2-3-9-20;;/h4,7,10,13H,2-3,5-6,8-9,11,17H2,1H3,(H,19,21);2*1H. The Morgan fingerprint density at radius 1 is 1.35 bits per heavy atom. The van der Waals surface area contributed by atoms with Gasteiger partial charge in [0.05, 0.1) is 11.1 Å². The van der Waals surface area contributed by atoms with E-state index in [-0.39, 0.29) is 36.3 Å². The zero-order valence-corrected chi connectivity index (χ0v) is 15.1. The van der Waals surface area contributed by atoms with E-state index in [9.17, 15) is 4.79 Å². The molecule has 3 N–H and O–H groups in total. The number of nitrogens with two attached hydrogens (primary N) is 1. The molecule has 1 aromatic rings. The first kappa shape index (κ1) is 20.0. The minimum Gasteiger partial charge on any atom is -0.357 e. The normalized spacial score (nSPS) is 19.3. The van der Waals surface area contributed by atoms with Gasteiger partial charge in [-0.05, 0) is 50.7 Å². The van der Waals surface area contributed by atoms with Crippen molar-refractivity contribution < 1.29 is 4.79 Å². The first-order valence-corrected chi connectivity index (χ1v) is 7.86.